The first-order valence-corrected chi connectivity index (χ1v) is 8.53. The number of aromatic nitrogens is 2. The van der Waals surface area contributed by atoms with Crippen LogP contribution in [0, 0.1) is 11.8 Å². The Kier molecular flexibility index (Phi) is 6.91. The summed E-state index contributed by atoms with van der Waals surface area (Å²) in [5.41, 5.74) is -1.29. The molecule has 0 bridgehead atoms. The fourth-order valence-electron chi connectivity index (χ4n) is 2.83. The molecule has 0 aromatic carbocycles. The Bertz CT molecular complexity index is 758. The van der Waals surface area contributed by atoms with E-state index < -0.39 is 60.3 Å². The summed E-state index contributed by atoms with van der Waals surface area (Å²) in [5.74, 6) is -4.76. The van der Waals surface area contributed by atoms with Gasteiger partial charge in [-0.15, -0.1) is 0 Å². The van der Waals surface area contributed by atoms with E-state index >= 15 is 0 Å². The van der Waals surface area contributed by atoms with Gasteiger partial charge >= 0.3 is 18.5 Å². The number of rotatable bonds is 3. The minimum Gasteiger partial charge on any atom is -0.309 e. The molecule has 0 aliphatic heterocycles. The molecule has 0 atom stereocenters. The van der Waals surface area contributed by atoms with Crippen molar-refractivity contribution >= 4 is 17.7 Å². The van der Waals surface area contributed by atoms with Crippen LogP contribution in [0.4, 0.5) is 45.3 Å². The van der Waals surface area contributed by atoms with Crippen molar-refractivity contribution in [2.24, 2.45) is 16.8 Å². The van der Waals surface area contributed by atoms with E-state index in [-0.39, 0.29) is 25.7 Å². The summed E-state index contributed by atoms with van der Waals surface area (Å²) in [5, 5.41) is 8.89. The molecule has 1 aromatic rings. The number of nitrogens with zero attached hydrogens (tertiary/aromatic N) is 2. The molecule has 1 heterocycles. The number of nitrogens with one attached hydrogen (secondary N) is 3. The molecular formula is C15H16F9N5O. The van der Waals surface area contributed by atoms with Gasteiger partial charge in [0.25, 0.3) is 0 Å². The van der Waals surface area contributed by atoms with Gasteiger partial charge in [0.1, 0.15) is 12.2 Å². The number of anilines is 1. The molecule has 3 N–H and O–H groups in total. The molecule has 1 saturated carbocycles. The van der Waals surface area contributed by atoms with Crippen molar-refractivity contribution in [2.75, 3.05) is 11.9 Å². The Morgan fingerprint density at radius 2 is 1.67 bits per heavy atom. The molecule has 6 nitrogen and oxygen atoms in total. The third-order valence-corrected chi connectivity index (χ3v) is 4.35. The molecule has 1 fully saturated rings. The Morgan fingerprint density at radius 3 is 2.13 bits per heavy atom. The first kappa shape index (κ1) is 23.8. The largest absolute Gasteiger partial charge is 0.432 e. The summed E-state index contributed by atoms with van der Waals surface area (Å²) in [4.78, 5) is 15.3. The van der Waals surface area contributed by atoms with Crippen LogP contribution in [0.25, 0.3) is 0 Å². The van der Waals surface area contributed by atoms with Gasteiger partial charge < -0.3 is 5.32 Å². The number of carbonyl (C=O) groups excluding carboxylic acids is 1. The number of hydrogen-bond donors (Lipinski definition) is 3. The first-order valence-electron chi connectivity index (χ1n) is 8.53. The Balaban J connectivity index is 2.07. The molecule has 170 valence electrons. The fraction of sp³-hybridized carbons (Fsp3) is 0.667. The SMILES string of the molecule is O=C(NC(=NCC(F)(F)F)Nc1cc(C(F)(F)F)[nH]n1)C1CCC(C(F)(F)F)CC1. The molecular weight excluding hydrogens is 437 g/mol. The van der Waals surface area contributed by atoms with E-state index in [4.69, 9.17) is 0 Å². The molecule has 1 aliphatic rings. The van der Waals surface area contributed by atoms with E-state index in [9.17, 15) is 44.3 Å². The third-order valence-electron chi connectivity index (χ3n) is 4.35. The first-order chi connectivity index (χ1) is 13.6. The van der Waals surface area contributed by atoms with Crippen LogP contribution in [0.1, 0.15) is 31.4 Å². The highest BCUT2D eigenvalue weighted by molar-refractivity contribution is 6.04. The van der Waals surface area contributed by atoms with Gasteiger partial charge in [-0.2, -0.15) is 44.6 Å². The zero-order valence-corrected chi connectivity index (χ0v) is 15.0. The fourth-order valence-corrected chi connectivity index (χ4v) is 2.83. The van der Waals surface area contributed by atoms with Crippen LogP contribution in [0.5, 0.6) is 0 Å². The van der Waals surface area contributed by atoms with E-state index in [0.717, 1.165) is 0 Å². The van der Waals surface area contributed by atoms with Gasteiger partial charge in [-0.25, -0.2) is 4.99 Å². The molecule has 0 saturated heterocycles. The van der Waals surface area contributed by atoms with Crippen molar-refractivity contribution in [3.8, 4) is 0 Å². The molecule has 1 amide bonds. The van der Waals surface area contributed by atoms with Gasteiger partial charge in [0.2, 0.25) is 11.9 Å². The molecule has 0 unspecified atom stereocenters. The monoisotopic (exact) mass is 453 g/mol. The predicted molar refractivity (Wildman–Crippen MR) is 85.2 cm³/mol. The second kappa shape index (κ2) is 8.71. The summed E-state index contributed by atoms with van der Waals surface area (Å²) in [6.45, 7) is -1.76. The van der Waals surface area contributed by atoms with Crippen LogP contribution in [-0.2, 0) is 11.0 Å². The highest BCUT2D eigenvalue weighted by atomic mass is 19.4. The van der Waals surface area contributed by atoms with Gasteiger partial charge in [-0.3, -0.25) is 15.2 Å². The van der Waals surface area contributed by atoms with Crippen LogP contribution in [-0.4, -0.2) is 41.0 Å². The number of amides is 1. The van der Waals surface area contributed by atoms with Crippen molar-refractivity contribution in [3.63, 3.8) is 0 Å². The Labute approximate surface area is 163 Å². The lowest BCUT2D eigenvalue weighted by atomic mass is 9.81. The quantitative estimate of drug-likeness (QED) is 0.364. The molecule has 0 radical (unpaired) electrons. The van der Waals surface area contributed by atoms with Gasteiger partial charge in [0.05, 0.1) is 5.92 Å². The topological polar surface area (TPSA) is 82.2 Å². The van der Waals surface area contributed by atoms with E-state index in [1.165, 1.54) is 0 Å². The lowest BCUT2D eigenvalue weighted by Crippen LogP contribution is -2.42. The van der Waals surface area contributed by atoms with E-state index in [0.29, 0.717) is 6.07 Å². The number of aromatic amines is 1. The lowest BCUT2D eigenvalue weighted by molar-refractivity contribution is -0.184. The predicted octanol–water partition coefficient (Wildman–Crippen LogP) is 4.24. The second-order valence-electron chi connectivity index (χ2n) is 6.65. The van der Waals surface area contributed by atoms with E-state index in [1.54, 1.807) is 5.10 Å². The molecule has 0 spiro atoms. The normalized spacial score (nSPS) is 21.4. The smallest absolute Gasteiger partial charge is 0.309 e. The maximum atomic E-state index is 12.7. The van der Waals surface area contributed by atoms with E-state index in [1.807, 2.05) is 10.6 Å². The average Bonchev–Trinajstić information content (AvgIpc) is 3.07. The number of alkyl halides is 9. The van der Waals surface area contributed by atoms with Crippen molar-refractivity contribution < 1.29 is 44.3 Å². The van der Waals surface area contributed by atoms with Crippen molar-refractivity contribution in [2.45, 2.75) is 44.2 Å². The summed E-state index contributed by atoms with van der Waals surface area (Å²) in [7, 11) is 0. The minimum absolute atomic E-state index is 0.150. The van der Waals surface area contributed by atoms with Crippen molar-refractivity contribution in [3.05, 3.63) is 11.8 Å². The molecule has 30 heavy (non-hydrogen) atoms. The molecule has 1 aliphatic carbocycles. The molecule has 15 heteroatoms. The highest BCUT2D eigenvalue weighted by Crippen LogP contribution is 2.39. The number of hydrogen-bond acceptors (Lipinski definition) is 3. The minimum atomic E-state index is -4.80. The Hall–Kier alpha value is -2.48. The molecule has 2 rings (SSSR count). The second-order valence-corrected chi connectivity index (χ2v) is 6.65. The average molecular weight is 453 g/mol. The zero-order valence-electron chi connectivity index (χ0n) is 15.0. The Morgan fingerprint density at radius 1 is 1.07 bits per heavy atom. The van der Waals surface area contributed by atoms with Crippen LogP contribution in [0.15, 0.2) is 11.1 Å². The third kappa shape index (κ3) is 7.09. The van der Waals surface area contributed by atoms with Crippen molar-refractivity contribution in [1.82, 2.24) is 15.5 Å². The van der Waals surface area contributed by atoms with Crippen LogP contribution >= 0.6 is 0 Å². The lowest BCUT2D eigenvalue weighted by Gasteiger charge is -2.29. The van der Waals surface area contributed by atoms with Gasteiger partial charge in [-0.1, -0.05) is 0 Å². The molecule has 1 aromatic heterocycles. The van der Waals surface area contributed by atoms with Gasteiger partial charge in [-0.05, 0) is 25.7 Å². The van der Waals surface area contributed by atoms with Crippen molar-refractivity contribution in [1.29, 1.82) is 0 Å². The standard InChI is InChI=1S/C15H16F9N5O/c16-13(17,18)6-25-12(26-10-5-9(28-29-10)15(22,23)24)27-11(30)7-1-3-8(4-2-7)14(19,20)21/h5,7-8H,1-4,6H2,(H3,25,26,27,28,29,30). The van der Waals surface area contributed by atoms with Crippen LogP contribution < -0.4 is 10.6 Å². The number of aliphatic imine (C=N–C) groups is 1. The number of halogens is 9. The van der Waals surface area contributed by atoms with E-state index in [2.05, 4.69) is 10.1 Å². The summed E-state index contributed by atoms with van der Waals surface area (Å²) in [6.07, 6.45) is -14.9. The van der Waals surface area contributed by atoms with Crippen LogP contribution in [0.2, 0.25) is 0 Å². The number of carbonyl (C=O) groups is 1. The zero-order chi connectivity index (χ0) is 22.7. The maximum Gasteiger partial charge on any atom is 0.432 e. The number of H-pyrrole nitrogens is 1. The van der Waals surface area contributed by atoms with Gasteiger partial charge in [0, 0.05) is 12.0 Å². The number of guanidine groups is 1. The van der Waals surface area contributed by atoms with Gasteiger partial charge in [0.15, 0.2) is 5.82 Å². The summed E-state index contributed by atoms with van der Waals surface area (Å²) < 4.78 is 113. The summed E-state index contributed by atoms with van der Waals surface area (Å²) >= 11 is 0. The highest BCUT2D eigenvalue weighted by Gasteiger charge is 2.42. The van der Waals surface area contributed by atoms with Crippen LogP contribution in [0.3, 0.4) is 0 Å². The summed E-state index contributed by atoms with van der Waals surface area (Å²) in [6, 6.07) is 0.448. The maximum absolute atomic E-state index is 12.7.